The lowest BCUT2D eigenvalue weighted by molar-refractivity contribution is 0.483. The molecule has 0 saturated carbocycles. The number of ether oxygens (including phenoxy) is 1. The van der Waals surface area contributed by atoms with Crippen molar-refractivity contribution >= 4 is 22.5 Å². The van der Waals surface area contributed by atoms with Gasteiger partial charge in [-0.05, 0) is 48.5 Å². The van der Waals surface area contributed by atoms with Gasteiger partial charge in [0.25, 0.3) is 0 Å². The zero-order chi connectivity index (χ0) is 16.2. The van der Waals surface area contributed by atoms with Crippen molar-refractivity contribution < 1.29 is 4.74 Å². The molecule has 24 heavy (non-hydrogen) atoms. The fraction of sp³-hybridized carbons (Fsp3) is 0. The number of hydrogen-bond donors (Lipinski definition) is 1. The summed E-state index contributed by atoms with van der Waals surface area (Å²) in [6.45, 7) is 0. The summed E-state index contributed by atoms with van der Waals surface area (Å²) in [6, 6.07) is 21.1. The summed E-state index contributed by atoms with van der Waals surface area (Å²) in [5.41, 5.74) is 2.45. The maximum Gasteiger partial charge on any atom is 0.160 e. The van der Waals surface area contributed by atoms with Crippen LogP contribution in [0.15, 0.2) is 79.3 Å². The second kappa shape index (κ2) is 6.34. The van der Waals surface area contributed by atoms with Crippen LogP contribution >= 0.6 is 0 Å². The average molecular weight is 314 g/mol. The zero-order valence-electron chi connectivity index (χ0n) is 12.8. The van der Waals surface area contributed by atoms with Gasteiger partial charge in [0.2, 0.25) is 0 Å². The highest BCUT2D eigenvalue weighted by Gasteiger charge is 2.05. The molecule has 0 amide bonds. The largest absolute Gasteiger partial charge is 0.457 e. The fourth-order valence-electron chi connectivity index (χ4n) is 2.35. The molecule has 116 valence electrons. The van der Waals surface area contributed by atoms with E-state index < -0.39 is 0 Å². The van der Waals surface area contributed by atoms with Gasteiger partial charge in [0, 0.05) is 11.9 Å². The first-order chi connectivity index (χ1) is 11.9. The Balaban J connectivity index is 1.55. The van der Waals surface area contributed by atoms with E-state index in [1.54, 1.807) is 6.20 Å². The maximum atomic E-state index is 5.79. The van der Waals surface area contributed by atoms with Crippen LogP contribution in [-0.2, 0) is 0 Å². The second-order valence-corrected chi connectivity index (χ2v) is 5.16. The van der Waals surface area contributed by atoms with E-state index in [1.165, 1.54) is 6.33 Å². The third kappa shape index (κ3) is 3.01. The Morgan fingerprint density at radius 2 is 1.50 bits per heavy atom. The van der Waals surface area contributed by atoms with E-state index in [0.717, 1.165) is 28.2 Å². The predicted octanol–water partition coefficient (Wildman–Crippen LogP) is 4.56. The molecule has 2 aromatic carbocycles. The van der Waals surface area contributed by atoms with Crippen LogP contribution in [0, 0.1) is 0 Å². The number of hydrogen-bond acceptors (Lipinski definition) is 5. The molecule has 0 radical (unpaired) electrons. The van der Waals surface area contributed by atoms with Crippen LogP contribution in [0.25, 0.3) is 11.0 Å². The molecule has 0 bridgehead atoms. The summed E-state index contributed by atoms with van der Waals surface area (Å²) in [6.07, 6.45) is 3.26. The first-order valence-corrected chi connectivity index (χ1v) is 7.54. The topological polar surface area (TPSA) is 59.9 Å². The predicted molar refractivity (Wildman–Crippen MR) is 93.6 cm³/mol. The van der Waals surface area contributed by atoms with Gasteiger partial charge in [-0.2, -0.15) is 0 Å². The van der Waals surface area contributed by atoms with Gasteiger partial charge in [-0.25, -0.2) is 9.97 Å². The van der Waals surface area contributed by atoms with E-state index in [-0.39, 0.29) is 0 Å². The van der Waals surface area contributed by atoms with E-state index in [4.69, 9.17) is 4.74 Å². The summed E-state index contributed by atoms with van der Waals surface area (Å²) in [7, 11) is 0. The third-order valence-electron chi connectivity index (χ3n) is 3.49. The van der Waals surface area contributed by atoms with E-state index in [1.807, 2.05) is 66.7 Å². The number of rotatable bonds is 4. The standard InChI is InChI=1S/C19H14N4O/c1-2-5-15(6-3-1)24-16-10-8-14(9-11-16)23-19-18-17(21-13-22-19)7-4-12-20-18/h1-13H,(H,21,22,23). The fourth-order valence-corrected chi connectivity index (χ4v) is 2.35. The summed E-state index contributed by atoms with van der Waals surface area (Å²) in [5.74, 6) is 2.26. The monoisotopic (exact) mass is 314 g/mol. The molecular weight excluding hydrogens is 300 g/mol. The van der Waals surface area contributed by atoms with Crippen LogP contribution in [0.2, 0.25) is 0 Å². The van der Waals surface area contributed by atoms with Crippen molar-refractivity contribution in [2.24, 2.45) is 0 Å². The third-order valence-corrected chi connectivity index (χ3v) is 3.49. The number of anilines is 2. The number of benzene rings is 2. The molecule has 4 rings (SSSR count). The minimum Gasteiger partial charge on any atom is -0.457 e. The molecule has 4 aromatic rings. The summed E-state index contributed by atoms with van der Waals surface area (Å²) < 4.78 is 5.79. The van der Waals surface area contributed by atoms with E-state index in [2.05, 4.69) is 20.3 Å². The molecule has 0 fully saturated rings. The summed E-state index contributed by atoms with van der Waals surface area (Å²) in [5, 5.41) is 3.27. The molecule has 0 saturated heterocycles. The lowest BCUT2D eigenvalue weighted by Crippen LogP contribution is -1.97. The van der Waals surface area contributed by atoms with Gasteiger partial charge in [-0.15, -0.1) is 0 Å². The first kappa shape index (κ1) is 14.1. The van der Waals surface area contributed by atoms with E-state index >= 15 is 0 Å². The van der Waals surface area contributed by atoms with Crippen LogP contribution in [0.3, 0.4) is 0 Å². The summed E-state index contributed by atoms with van der Waals surface area (Å²) >= 11 is 0. The molecule has 0 aliphatic carbocycles. The van der Waals surface area contributed by atoms with Gasteiger partial charge in [-0.3, -0.25) is 4.98 Å². The van der Waals surface area contributed by atoms with Gasteiger partial charge < -0.3 is 10.1 Å². The van der Waals surface area contributed by atoms with Crippen molar-refractivity contribution in [1.29, 1.82) is 0 Å². The number of fused-ring (bicyclic) bond motifs is 1. The van der Waals surface area contributed by atoms with Crippen molar-refractivity contribution in [3.63, 3.8) is 0 Å². The van der Waals surface area contributed by atoms with Gasteiger partial charge in [0.15, 0.2) is 5.82 Å². The normalized spacial score (nSPS) is 10.5. The minimum atomic E-state index is 0.678. The Hall–Kier alpha value is -3.47. The van der Waals surface area contributed by atoms with Crippen LogP contribution < -0.4 is 10.1 Å². The van der Waals surface area contributed by atoms with Crippen LogP contribution in [0.4, 0.5) is 11.5 Å². The average Bonchev–Trinajstić information content (AvgIpc) is 2.65. The summed E-state index contributed by atoms with van der Waals surface area (Å²) in [4.78, 5) is 12.8. The molecule has 2 heterocycles. The Morgan fingerprint density at radius 1 is 0.708 bits per heavy atom. The van der Waals surface area contributed by atoms with Crippen molar-refractivity contribution in [3.05, 3.63) is 79.3 Å². The van der Waals surface area contributed by atoms with Crippen molar-refractivity contribution in [1.82, 2.24) is 15.0 Å². The maximum absolute atomic E-state index is 5.79. The minimum absolute atomic E-state index is 0.678. The van der Waals surface area contributed by atoms with Gasteiger partial charge in [0.05, 0.1) is 5.52 Å². The molecule has 0 spiro atoms. The molecule has 0 aliphatic heterocycles. The molecule has 0 aliphatic rings. The highest BCUT2D eigenvalue weighted by atomic mass is 16.5. The molecule has 0 unspecified atom stereocenters. The van der Waals surface area contributed by atoms with Crippen LogP contribution in [0.1, 0.15) is 0 Å². The molecule has 2 aromatic heterocycles. The lowest BCUT2D eigenvalue weighted by Gasteiger charge is -2.09. The van der Waals surface area contributed by atoms with Crippen LogP contribution in [-0.4, -0.2) is 15.0 Å². The Morgan fingerprint density at radius 3 is 2.33 bits per heavy atom. The van der Waals surface area contributed by atoms with E-state index in [9.17, 15) is 0 Å². The first-order valence-electron chi connectivity index (χ1n) is 7.54. The van der Waals surface area contributed by atoms with Gasteiger partial charge in [-0.1, -0.05) is 18.2 Å². The molecule has 5 heteroatoms. The highest BCUT2D eigenvalue weighted by molar-refractivity contribution is 5.86. The molecule has 1 N–H and O–H groups in total. The number of nitrogens with one attached hydrogen (secondary N) is 1. The zero-order valence-corrected chi connectivity index (χ0v) is 12.8. The Kier molecular flexibility index (Phi) is 3.73. The van der Waals surface area contributed by atoms with Gasteiger partial charge >= 0.3 is 0 Å². The molecule has 0 atom stereocenters. The van der Waals surface area contributed by atoms with Crippen LogP contribution in [0.5, 0.6) is 11.5 Å². The quantitative estimate of drug-likeness (QED) is 0.598. The van der Waals surface area contributed by atoms with Crippen molar-refractivity contribution in [2.45, 2.75) is 0 Å². The number of pyridine rings is 1. The number of para-hydroxylation sites is 1. The number of aromatic nitrogens is 3. The second-order valence-electron chi connectivity index (χ2n) is 5.16. The molecular formula is C19H14N4O. The SMILES string of the molecule is c1ccc(Oc2ccc(Nc3ncnc4cccnc34)cc2)cc1. The Bertz CT molecular complexity index is 950. The highest BCUT2D eigenvalue weighted by Crippen LogP contribution is 2.25. The Labute approximate surface area is 139 Å². The van der Waals surface area contributed by atoms with Crippen molar-refractivity contribution in [2.75, 3.05) is 5.32 Å². The smallest absolute Gasteiger partial charge is 0.160 e. The van der Waals surface area contributed by atoms with E-state index in [0.29, 0.717) is 5.82 Å². The molecule has 5 nitrogen and oxygen atoms in total. The van der Waals surface area contributed by atoms with Crippen molar-refractivity contribution in [3.8, 4) is 11.5 Å². The lowest BCUT2D eigenvalue weighted by atomic mass is 10.3. The number of nitrogens with zero attached hydrogens (tertiary/aromatic N) is 3. The van der Waals surface area contributed by atoms with Gasteiger partial charge in [0.1, 0.15) is 23.3 Å².